The van der Waals surface area contributed by atoms with Crippen molar-refractivity contribution in [3.05, 3.63) is 0 Å². The molecule has 3 nitrogen and oxygen atoms in total. The zero-order chi connectivity index (χ0) is 16.9. The van der Waals surface area contributed by atoms with Crippen molar-refractivity contribution in [1.29, 1.82) is 0 Å². The third-order valence-corrected chi connectivity index (χ3v) is 8.89. The van der Waals surface area contributed by atoms with Gasteiger partial charge in [-0.1, -0.05) is 19.0 Å². The molecule has 0 N–H and O–H groups in total. The second-order valence-electron chi connectivity index (χ2n) is 9.50. The average molecular weight is 334 g/mol. The van der Waals surface area contributed by atoms with Gasteiger partial charge in [0, 0.05) is 12.5 Å². The number of hydrogen-bond acceptors (Lipinski definition) is 3. The molecule has 0 amide bonds. The maximum atomic E-state index is 5.72. The lowest BCUT2D eigenvalue weighted by Gasteiger charge is -2.60. The average Bonchev–Trinajstić information content (AvgIpc) is 2.91. The molecule has 0 radical (unpaired) electrons. The highest BCUT2D eigenvalue weighted by Gasteiger charge is 2.59. The number of fused-ring (bicyclic) bond motifs is 5. The van der Waals surface area contributed by atoms with Gasteiger partial charge in [-0.15, -0.1) is 0 Å². The van der Waals surface area contributed by atoms with E-state index in [-0.39, 0.29) is 0 Å². The molecule has 4 saturated carbocycles. The first-order chi connectivity index (χ1) is 11.5. The third-order valence-electron chi connectivity index (χ3n) is 8.89. The highest BCUT2D eigenvalue weighted by atomic mass is 16.6. The fourth-order valence-corrected chi connectivity index (χ4v) is 7.48. The van der Waals surface area contributed by atoms with Crippen LogP contribution in [0.4, 0.5) is 0 Å². The summed E-state index contributed by atoms with van der Waals surface area (Å²) >= 11 is 0. The van der Waals surface area contributed by atoms with Gasteiger partial charge in [0.2, 0.25) is 0 Å². The van der Waals surface area contributed by atoms with Crippen molar-refractivity contribution in [3.63, 3.8) is 0 Å². The summed E-state index contributed by atoms with van der Waals surface area (Å²) in [6.45, 7) is 5.11. The number of ether oxygens (including phenoxy) is 1. The van der Waals surface area contributed by atoms with Gasteiger partial charge in [-0.2, -0.15) is 0 Å². The zero-order valence-corrected chi connectivity index (χ0v) is 16.0. The zero-order valence-electron chi connectivity index (χ0n) is 16.0. The molecule has 4 aliphatic rings. The summed E-state index contributed by atoms with van der Waals surface area (Å²) in [5.74, 6) is 3.56. The largest absolute Gasteiger partial charge is 0.399 e. The van der Waals surface area contributed by atoms with Crippen LogP contribution in [0.2, 0.25) is 0 Å². The Kier molecular flexibility index (Phi) is 4.22. The molecule has 4 aliphatic carbocycles. The topological polar surface area (TPSA) is 30.8 Å². The quantitative estimate of drug-likeness (QED) is 0.662. The van der Waals surface area contributed by atoms with E-state index in [0.29, 0.717) is 16.9 Å². The first-order valence-electron chi connectivity index (χ1n) is 10.2. The second kappa shape index (κ2) is 6.00. The lowest BCUT2D eigenvalue weighted by atomic mass is 9.45. The molecule has 0 bridgehead atoms. The Morgan fingerprint density at radius 2 is 1.79 bits per heavy atom. The van der Waals surface area contributed by atoms with Crippen molar-refractivity contribution in [1.82, 2.24) is 0 Å². The maximum Gasteiger partial charge on any atom is 0.106 e. The monoisotopic (exact) mass is 333 g/mol. The minimum atomic E-state index is 0.310. The van der Waals surface area contributed by atoms with Crippen LogP contribution in [-0.2, 0) is 9.57 Å². The summed E-state index contributed by atoms with van der Waals surface area (Å²) in [5, 5.41) is 4.44. The van der Waals surface area contributed by atoms with Crippen LogP contribution < -0.4 is 0 Å². The number of hydrogen-bond donors (Lipinski definition) is 0. The molecule has 0 aromatic carbocycles. The molecule has 0 aromatic rings. The summed E-state index contributed by atoms with van der Waals surface area (Å²) in [6.07, 6.45) is 12.5. The van der Waals surface area contributed by atoms with E-state index in [1.54, 1.807) is 7.11 Å². The molecular weight excluding hydrogens is 298 g/mol. The van der Waals surface area contributed by atoms with Crippen molar-refractivity contribution in [2.75, 3.05) is 14.2 Å². The SMILES string of the molecule is CO/N=C1\CC[C@H]2[C@@H]3CC[C@H]4C[C@H](OC)CC[C@]4(C)[C@H]3CC[C@]12C. The molecule has 136 valence electrons. The fraction of sp³-hybridized carbons (Fsp3) is 0.952. The van der Waals surface area contributed by atoms with E-state index in [1.807, 2.05) is 7.11 Å². The highest BCUT2D eigenvalue weighted by molar-refractivity contribution is 5.92. The van der Waals surface area contributed by atoms with Gasteiger partial charge in [-0.25, -0.2) is 0 Å². The highest BCUT2D eigenvalue weighted by Crippen LogP contribution is 2.65. The number of rotatable bonds is 2. The predicted octanol–water partition coefficient (Wildman–Crippen LogP) is 5.05. The van der Waals surface area contributed by atoms with Crippen LogP contribution in [0, 0.1) is 34.5 Å². The molecule has 7 atom stereocenters. The van der Waals surface area contributed by atoms with Gasteiger partial charge in [0.1, 0.15) is 7.11 Å². The first-order valence-corrected chi connectivity index (χ1v) is 10.2. The number of nitrogens with zero attached hydrogens (tertiary/aromatic N) is 1. The maximum absolute atomic E-state index is 5.72. The third kappa shape index (κ3) is 2.29. The Balaban J connectivity index is 1.59. The van der Waals surface area contributed by atoms with Crippen LogP contribution in [-0.4, -0.2) is 26.0 Å². The van der Waals surface area contributed by atoms with E-state index in [1.165, 1.54) is 57.1 Å². The van der Waals surface area contributed by atoms with Crippen LogP contribution in [0.1, 0.15) is 71.6 Å². The molecule has 3 heteroatoms. The number of oxime groups is 1. The van der Waals surface area contributed by atoms with Gasteiger partial charge >= 0.3 is 0 Å². The Morgan fingerprint density at radius 3 is 2.54 bits per heavy atom. The normalized spacial score (nSPS) is 52.5. The summed E-state index contributed by atoms with van der Waals surface area (Å²) in [5.41, 5.74) is 2.22. The van der Waals surface area contributed by atoms with Gasteiger partial charge in [-0.3, -0.25) is 0 Å². The lowest BCUT2D eigenvalue weighted by molar-refractivity contribution is -0.119. The smallest absolute Gasteiger partial charge is 0.106 e. The van der Waals surface area contributed by atoms with Crippen LogP contribution in [0.3, 0.4) is 0 Å². The Bertz CT molecular complexity index is 518. The first kappa shape index (κ1) is 16.9. The Hall–Kier alpha value is -0.570. The predicted molar refractivity (Wildman–Crippen MR) is 97.0 cm³/mol. The van der Waals surface area contributed by atoms with E-state index >= 15 is 0 Å². The Morgan fingerprint density at radius 1 is 0.958 bits per heavy atom. The van der Waals surface area contributed by atoms with E-state index in [9.17, 15) is 0 Å². The molecule has 24 heavy (non-hydrogen) atoms. The van der Waals surface area contributed by atoms with E-state index in [4.69, 9.17) is 9.57 Å². The fourth-order valence-electron chi connectivity index (χ4n) is 7.48. The van der Waals surface area contributed by atoms with Gasteiger partial charge in [-0.05, 0) is 86.9 Å². The summed E-state index contributed by atoms with van der Waals surface area (Å²) in [7, 11) is 3.61. The van der Waals surface area contributed by atoms with E-state index in [2.05, 4.69) is 19.0 Å². The van der Waals surface area contributed by atoms with Gasteiger partial charge < -0.3 is 9.57 Å². The summed E-state index contributed by atoms with van der Waals surface area (Å²) < 4.78 is 5.72. The van der Waals surface area contributed by atoms with Crippen LogP contribution in [0.25, 0.3) is 0 Å². The van der Waals surface area contributed by atoms with Crippen molar-refractivity contribution in [3.8, 4) is 0 Å². The molecule has 0 unspecified atom stereocenters. The van der Waals surface area contributed by atoms with Crippen molar-refractivity contribution in [2.24, 2.45) is 39.7 Å². The standard InChI is InChI=1S/C21H35NO2/c1-20-11-9-15(23-3)13-14(20)5-6-16-17-7-8-19(22-24-4)21(17,2)12-10-18(16)20/h14-18H,5-13H2,1-4H3/b22-19+/t14-,15+,16-,17-,18-,20-,21-/m0/s1. The van der Waals surface area contributed by atoms with Crippen LogP contribution >= 0.6 is 0 Å². The number of methoxy groups -OCH3 is 1. The summed E-state index contributed by atoms with van der Waals surface area (Å²) in [6, 6.07) is 0. The molecule has 0 spiro atoms. The lowest BCUT2D eigenvalue weighted by Crippen LogP contribution is -2.54. The molecule has 4 fully saturated rings. The van der Waals surface area contributed by atoms with E-state index < -0.39 is 0 Å². The van der Waals surface area contributed by atoms with Crippen molar-refractivity contribution >= 4 is 5.71 Å². The molecule has 4 rings (SSSR count). The van der Waals surface area contributed by atoms with Gasteiger partial charge in [0.15, 0.2) is 0 Å². The van der Waals surface area contributed by atoms with E-state index in [0.717, 1.165) is 30.1 Å². The van der Waals surface area contributed by atoms with Gasteiger partial charge in [0.05, 0.1) is 11.8 Å². The van der Waals surface area contributed by atoms with Crippen molar-refractivity contribution < 1.29 is 9.57 Å². The van der Waals surface area contributed by atoms with Crippen LogP contribution in [0.5, 0.6) is 0 Å². The van der Waals surface area contributed by atoms with Crippen LogP contribution in [0.15, 0.2) is 5.16 Å². The molecular formula is C21H35NO2. The summed E-state index contributed by atoms with van der Waals surface area (Å²) in [4.78, 5) is 5.18. The van der Waals surface area contributed by atoms with Crippen molar-refractivity contribution in [2.45, 2.75) is 77.7 Å². The Labute approximate surface area is 147 Å². The molecule has 0 aliphatic heterocycles. The minimum absolute atomic E-state index is 0.310. The molecule has 0 heterocycles. The molecule has 0 saturated heterocycles. The van der Waals surface area contributed by atoms with Gasteiger partial charge in [0.25, 0.3) is 0 Å². The molecule has 0 aromatic heterocycles. The second-order valence-corrected chi connectivity index (χ2v) is 9.50. The minimum Gasteiger partial charge on any atom is -0.399 e.